The maximum absolute atomic E-state index is 13.7. The lowest BCUT2D eigenvalue weighted by Gasteiger charge is -2.30. The van der Waals surface area contributed by atoms with Crippen LogP contribution in [0.3, 0.4) is 0 Å². The summed E-state index contributed by atoms with van der Waals surface area (Å²) in [7, 11) is 1.42. The van der Waals surface area contributed by atoms with E-state index in [1.807, 2.05) is 18.2 Å². The molecular formula is C20H24FN3O3. The number of morpholine rings is 1. The fraction of sp³-hybridized carbons (Fsp3) is 0.350. The molecule has 0 aliphatic carbocycles. The number of anilines is 1. The number of carbonyl (C=O) groups excluding carboxylic acids is 1. The SMILES string of the molecule is COc1ccc(CNC(=O)NCc2ccccc2N2CCOCC2)cc1F. The molecule has 0 bridgehead atoms. The highest BCUT2D eigenvalue weighted by atomic mass is 19.1. The number of urea groups is 1. The number of amides is 2. The van der Waals surface area contributed by atoms with Crippen molar-refractivity contribution in [3.05, 3.63) is 59.4 Å². The summed E-state index contributed by atoms with van der Waals surface area (Å²) in [6, 6.07) is 12.3. The predicted octanol–water partition coefficient (Wildman–Crippen LogP) is 2.67. The van der Waals surface area contributed by atoms with Crippen LogP contribution in [0.5, 0.6) is 5.75 Å². The van der Waals surface area contributed by atoms with Crippen molar-refractivity contribution in [2.24, 2.45) is 0 Å². The van der Waals surface area contributed by atoms with E-state index in [0.717, 1.165) is 24.3 Å². The lowest BCUT2D eigenvalue weighted by atomic mass is 10.1. The van der Waals surface area contributed by atoms with Gasteiger partial charge in [-0.25, -0.2) is 9.18 Å². The number of nitrogens with zero attached hydrogens (tertiary/aromatic N) is 1. The summed E-state index contributed by atoms with van der Waals surface area (Å²) in [5.41, 5.74) is 2.82. The van der Waals surface area contributed by atoms with Crippen LogP contribution in [-0.4, -0.2) is 39.4 Å². The second-order valence-electron chi connectivity index (χ2n) is 6.23. The first-order valence-electron chi connectivity index (χ1n) is 8.92. The first-order chi connectivity index (χ1) is 13.2. The van der Waals surface area contributed by atoms with Crippen LogP contribution in [0, 0.1) is 5.82 Å². The van der Waals surface area contributed by atoms with E-state index in [2.05, 4.69) is 21.6 Å². The molecule has 27 heavy (non-hydrogen) atoms. The highest BCUT2D eigenvalue weighted by Crippen LogP contribution is 2.21. The molecule has 3 rings (SSSR count). The molecule has 7 heteroatoms. The summed E-state index contributed by atoms with van der Waals surface area (Å²) in [4.78, 5) is 14.4. The van der Waals surface area contributed by atoms with Gasteiger partial charge in [-0.05, 0) is 29.3 Å². The van der Waals surface area contributed by atoms with Gasteiger partial charge in [-0.1, -0.05) is 24.3 Å². The summed E-state index contributed by atoms with van der Waals surface area (Å²) in [5, 5.41) is 5.60. The van der Waals surface area contributed by atoms with Crippen LogP contribution >= 0.6 is 0 Å². The van der Waals surface area contributed by atoms with Crippen LogP contribution in [0.4, 0.5) is 14.9 Å². The minimum absolute atomic E-state index is 0.183. The molecule has 0 atom stereocenters. The monoisotopic (exact) mass is 373 g/mol. The zero-order valence-electron chi connectivity index (χ0n) is 15.3. The Hall–Kier alpha value is -2.80. The summed E-state index contributed by atoms with van der Waals surface area (Å²) < 4.78 is 24.0. The number of hydrogen-bond acceptors (Lipinski definition) is 4. The molecular weight excluding hydrogens is 349 g/mol. The van der Waals surface area contributed by atoms with Crippen molar-refractivity contribution in [3.8, 4) is 5.75 Å². The number of hydrogen-bond donors (Lipinski definition) is 2. The number of halogens is 1. The highest BCUT2D eigenvalue weighted by Gasteiger charge is 2.14. The Morgan fingerprint density at radius 2 is 1.89 bits per heavy atom. The molecule has 1 fully saturated rings. The van der Waals surface area contributed by atoms with Crippen molar-refractivity contribution < 1.29 is 18.7 Å². The van der Waals surface area contributed by atoms with Crippen molar-refractivity contribution in [2.45, 2.75) is 13.1 Å². The predicted molar refractivity (Wildman–Crippen MR) is 102 cm³/mol. The van der Waals surface area contributed by atoms with Crippen molar-refractivity contribution in [2.75, 3.05) is 38.3 Å². The van der Waals surface area contributed by atoms with Gasteiger partial charge in [-0.2, -0.15) is 0 Å². The lowest BCUT2D eigenvalue weighted by molar-refractivity contribution is 0.122. The Balaban J connectivity index is 1.53. The Labute approximate surface area is 158 Å². The summed E-state index contributed by atoms with van der Waals surface area (Å²) >= 11 is 0. The van der Waals surface area contributed by atoms with Gasteiger partial charge >= 0.3 is 6.03 Å². The minimum Gasteiger partial charge on any atom is -0.494 e. The maximum atomic E-state index is 13.7. The molecule has 2 N–H and O–H groups in total. The molecule has 0 saturated carbocycles. The van der Waals surface area contributed by atoms with E-state index in [4.69, 9.17) is 9.47 Å². The number of benzene rings is 2. The first kappa shape index (κ1) is 19.0. The summed E-state index contributed by atoms with van der Waals surface area (Å²) in [5.74, 6) is -0.264. The molecule has 0 aromatic heterocycles. The molecule has 0 radical (unpaired) electrons. The standard InChI is InChI=1S/C20H24FN3O3/c1-26-19-7-6-15(12-17(19)21)13-22-20(25)23-14-16-4-2-3-5-18(16)24-8-10-27-11-9-24/h2-7,12H,8-11,13-14H2,1H3,(H2,22,23,25). The molecule has 6 nitrogen and oxygen atoms in total. The van der Waals surface area contributed by atoms with Crippen LogP contribution in [0.2, 0.25) is 0 Å². The fourth-order valence-corrected chi connectivity index (χ4v) is 3.01. The van der Waals surface area contributed by atoms with Crippen molar-refractivity contribution >= 4 is 11.7 Å². The number of nitrogens with one attached hydrogen (secondary N) is 2. The van der Waals surface area contributed by atoms with E-state index in [1.54, 1.807) is 12.1 Å². The van der Waals surface area contributed by atoms with Crippen molar-refractivity contribution in [1.29, 1.82) is 0 Å². The Morgan fingerprint density at radius 1 is 1.15 bits per heavy atom. The lowest BCUT2D eigenvalue weighted by Crippen LogP contribution is -2.38. The van der Waals surface area contributed by atoms with Gasteiger partial charge in [0.15, 0.2) is 11.6 Å². The summed E-state index contributed by atoms with van der Waals surface area (Å²) in [6.07, 6.45) is 0. The van der Waals surface area contributed by atoms with E-state index in [0.29, 0.717) is 25.3 Å². The van der Waals surface area contributed by atoms with E-state index < -0.39 is 5.82 Å². The molecule has 0 unspecified atom stereocenters. The first-order valence-corrected chi connectivity index (χ1v) is 8.92. The number of ether oxygens (including phenoxy) is 2. The van der Waals surface area contributed by atoms with Gasteiger partial charge in [0.05, 0.1) is 20.3 Å². The Bertz CT molecular complexity index is 779. The van der Waals surface area contributed by atoms with Gasteiger partial charge in [0.1, 0.15) is 0 Å². The Morgan fingerprint density at radius 3 is 2.63 bits per heavy atom. The largest absolute Gasteiger partial charge is 0.494 e. The van der Waals surface area contributed by atoms with Crippen LogP contribution in [-0.2, 0) is 17.8 Å². The quantitative estimate of drug-likeness (QED) is 0.817. The average molecular weight is 373 g/mol. The molecule has 1 heterocycles. The van der Waals surface area contributed by atoms with Crippen molar-refractivity contribution in [1.82, 2.24) is 10.6 Å². The topological polar surface area (TPSA) is 62.8 Å². The molecule has 1 aliphatic heterocycles. The molecule has 2 aromatic rings. The normalized spacial score (nSPS) is 13.9. The van der Waals surface area contributed by atoms with E-state index in [-0.39, 0.29) is 18.3 Å². The van der Waals surface area contributed by atoms with Crippen LogP contribution < -0.4 is 20.3 Å². The number of para-hydroxylation sites is 1. The van der Waals surface area contributed by atoms with Crippen molar-refractivity contribution in [3.63, 3.8) is 0 Å². The van der Waals surface area contributed by atoms with Gasteiger partial charge in [-0.3, -0.25) is 0 Å². The number of carbonyl (C=O) groups is 1. The molecule has 144 valence electrons. The van der Waals surface area contributed by atoms with Gasteiger partial charge in [0.2, 0.25) is 0 Å². The third-order valence-electron chi connectivity index (χ3n) is 4.45. The maximum Gasteiger partial charge on any atom is 0.315 e. The third-order valence-corrected chi connectivity index (χ3v) is 4.45. The molecule has 2 amide bonds. The molecule has 2 aromatic carbocycles. The van der Waals surface area contributed by atoms with Crippen LogP contribution in [0.1, 0.15) is 11.1 Å². The second kappa shape index (κ2) is 9.23. The van der Waals surface area contributed by atoms with E-state index in [9.17, 15) is 9.18 Å². The second-order valence-corrected chi connectivity index (χ2v) is 6.23. The fourth-order valence-electron chi connectivity index (χ4n) is 3.01. The number of rotatable bonds is 6. The highest BCUT2D eigenvalue weighted by molar-refractivity contribution is 5.74. The molecule has 1 aliphatic rings. The minimum atomic E-state index is -0.448. The zero-order chi connectivity index (χ0) is 19.1. The van der Waals surface area contributed by atoms with E-state index >= 15 is 0 Å². The molecule has 0 spiro atoms. The third kappa shape index (κ3) is 5.10. The van der Waals surface area contributed by atoms with Crippen LogP contribution in [0.25, 0.3) is 0 Å². The van der Waals surface area contributed by atoms with Gasteiger partial charge < -0.3 is 25.0 Å². The summed E-state index contributed by atoms with van der Waals surface area (Å²) in [6.45, 7) is 3.74. The smallest absolute Gasteiger partial charge is 0.315 e. The van der Waals surface area contributed by atoms with Gasteiger partial charge in [-0.15, -0.1) is 0 Å². The average Bonchev–Trinajstić information content (AvgIpc) is 2.71. The van der Waals surface area contributed by atoms with Gasteiger partial charge in [0.25, 0.3) is 0 Å². The molecule has 1 saturated heterocycles. The van der Waals surface area contributed by atoms with Gasteiger partial charge in [0, 0.05) is 31.9 Å². The van der Waals surface area contributed by atoms with E-state index in [1.165, 1.54) is 13.2 Å². The number of methoxy groups -OCH3 is 1. The Kier molecular flexibility index (Phi) is 6.49. The van der Waals surface area contributed by atoms with Crippen LogP contribution in [0.15, 0.2) is 42.5 Å². The zero-order valence-corrected chi connectivity index (χ0v) is 15.3.